The Morgan fingerprint density at radius 3 is 2.53 bits per heavy atom. The first-order valence-electron chi connectivity index (χ1n) is 9.14. The van der Waals surface area contributed by atoms with Gasteiger partial charge in [0.1, 0.15) is 5.65 Å². The Hall–Kier alpha value is -2.97. The summed E-state index contributed by atoms with van der Waals surface area (Å²) in [6.45, 7) is 3.71. The van der Waals surface area contributed by atoms with Gasteiger partial charge in [-0.05, 0) is 54.8 Å². The third-order valence-corrected chi connectivity index (χ3v) is 5.91. The number of hydrogen-bond acceptors (Lipinski definition) is 5. The highest BCUT2D eigenvalue weighted by atomic mass is 35.5. The molecule has 1 aromatic carbocycles. The summed E-state index contributed by atoms with van der Waals surface area (Å²) >= 11 is 6.48. The average molecular weight is 443 g/mol. The predicted molar refractivity (Wildman–Crippen MR) is 118 cm³/mol. The van der Waals surface area contributed by atoms with Gasteiger partial charge in [-0.15, -0.1) is 0 Å². The van der Waals surface area contributed by atoms with Crippen LogP contribution in [0.5, 0.6) is 0 Å². The van der Waals surface area contributed by atoms with E-state index >= 15 is 0 Å². The summed E-state index contributed by atoms with van der Waals surface area (Å²) in [6.07, 6.45) is 2.98. The van der Waals surface area contributed by atoms with E-state index in [0.717, 1.165) is 27.8 Å². The molecular weight excluding hydrogens is 424 g/mol. The fourth-order valence-corrected chi connectivity index (χ4v) is 4.68. The zero-order valence-corrected chi connectivity index (χ0v) is 18.2. The van der Waals surface area contributed by atoms with Gasteiger partial charge in [0.15, 0.2) is 15.7 Å². The minimum atomic E-state index is -3.23. The Labute approximate surface area is 178 Å². The summed E-state index contributed by atoms with van der Waals surface area (Å²) in [5, 5.41) is 5.59. The highest BCUT2D eigenvalue weighted by Crippen LogP contribution is 2.33. The highest BCUT2D eigenvalue weighted by molar-refractivity contribution is 7.89. The number of aromatic nitrogens is 4. The van der Waals surface area contributed by atoms with Gasteiger partial charge in [0, 0.05) is 34.5 Å². The molecule has 7 nitrogen and oxygen atoms in total. The summed E-state index contributed by atoms with van der Waals surface area (Å²) in [4.78, 5) is 19.1. The Morgan fingerprint density at radius 2 is 1.90 bits per heavy atom. The maximum atomic E-state index is 11.8. The zero-order chi connectivity index (χ0) is 21.6. The van der Waals surface area contributed by atoms with E-state index in [1.54, 1.807) is 23.0 Å². The normalized spacial score (nSPS) is 11.9. The predicted octanol–water partition coefficient (Wildman–Crippen LogP) is 3.59. The highest BCUT2D eigenvalue weighted by Gasteiger charge is 2.17. The van der Waals surface area contributed by atoms with Crippen molar-refractivity contribution < 1.29 is 8.42 Å². The molecule has 0 amide bonds. The second-order valence-electron chi connectivity index (χ2n) is 7.35. The van der Waals surface area contributed by atoms with Crippen molar-refractivity contribution in [3.63, 3.8) is 0 Å². The first kappa shape index (κ1) is 20.3. The van der Waals surface area contributed by atoms with Crippen LogP contribution < -0.4 is 5.56 Å². The summed E-state index contributed by atoms with van der Waals surface area (Å²) < 4.78 is 25.2. The number of aryl methyl sites for hydroxylation is 2. The zero-order valence-electron chi connectivity index (χ0n) is 16.6. The molecule has 4 rings (SSSR count). The van der Waals surface area contributed by atoms with E-state index < -0.39 is 9.84 Å². The molecule has 0 saturated heterocycles. The van der Waals surface area contributed by atoms with Crippen molar-refractivity contribution in [3.05, 3.63) is 74.8 Å². The first-order chi connectivity index (χ1) is 14.1. The third kappa shape index (κ3) is 4.01. The summed E-state index contributed by atoms with van der Waals surface area (Å²) in [5.41, 5.74) is 3.92. The number of fused-ring (bicyclic) bond motifs is 1. The van der Waals surface area contributed by atoms with Gasteiger partial charge in [-0.3, -0.25) is 4.79 Å². The van der Waals surface area contributed by atoms with Crippen molar-refractivity contribution in [2.45, 2.75) is 19.6 Å². The Bertz CT molecular complexity index is 1430. The number of halogens is 1. The van der Waals surface area contributed by atoms with Crippen LogP contribution in [0.15, 0.2) is 47.4 Å². The van der Waals surface area contributed by atoms with Gasteiger partial charge in [-0.25, -0.2) is 18.1 Å². The van der Waals surface area contributed by atoms with Crippen LogP contribution >= 0.6 is 11.6 Å². The molecular formula is C21H19ClN4O3S. The molecule has 0 saturated carbocycles. The molecule has 0 bridgehead atoms. The van der Waals surface area contributed by atoms with Crippen molar-refractivity contribution in [3.8, 4) is 16.9 Å². The van der Waals surface area contributed by atoms with Crippen molar-refractivity contribution in [1.82, 2.24) is 19.7 Å². The molecule has 0 aliphatic carbocycles. The van der Waals surface area contributed by atoms with Crippen LogP contribution in [0.4, 0.5) is 0 Å². The van der Waals surface area contributed by atoms with Crippen LogP contribution in [0.25, 0.3) is 28.0 Å². The van der Waals surface area contributed by atoms with Crippen LogP contribution in [0.2, 0.25) is 5.02 Å². The van der Waals surface area contributed by atoms with E-state index in [1.165, 1.54) is 12.3 Å². The molecule has 0 aliphatic heterocycles. The molecule has 0 radical (unpaired) electrons. The SMILES string of the molecule is Cc1ccn(-c2nc3[nH]c(=O)ccc3cc2-c2cc(C)c(CS(C)(=O)=O)c(Cl)c2)n1. The van der Waals surface area contributed by atoms with Crippen molar-refractivity contribution in [2.24, 2.45) is 0 Å². The van der Waals surface area contributed by atoms with E-state index in [0.29, 0.717) is 22.1 Å². The fourth-order valence-electron chi connectivity index (χ4n) is 3.36. The summed E-state index contributed by atoms with van der Waals surface area (Å²) in [5.74, 6) is 0.407. The molecule has 0 fully saturated rings. The number of pyridine rings is 2. The fraction of sp³-hybridized carbons (Fsp3) is 0.190. The number of aromatic amines is 1. The molecule has 30 heavy (non-hydrogen) atoms. The van der Waals surface area contributed by atoms with Crippen LogP contribution in [0.3, 0.4) is 0 Å². The topological polar surface area (TPSA) is 97.7 Å². The Morgan fingerprint density at radius 1 is 1.13 bits per heavy atom. The molecule has 3 heterocycles. The summed E-state index contributed by atoms with van der Waals surface area (Å²) in [7, 11) is -3.23. The van der Waals surface area contributed by atoms with Crippen LogP contribution in [0.1, 0.15) is 16.8 Å². The maximum absolute atomic E-state index is 11.8. The molecule has 0 atom stereocenters. The first-order valence-corrected chi connectivity index (χ1v) is 11.6. The molecule has 4 aromatic rings. The molecule has 0 unspecified atom stereocenters. The molecule has 154 valence electrons. The van der Waals surface area contributed by atoms with Gasteiger partial charge in [-0.2, -0.15) is 5.10 Å². The minimum absolute atomic E-state index is 0.125. The lowest BCUT2D eigenvalue weighted by Gasteiger charge is -2.14. The van der Waals surface area contributed by atoms with E-state index in [-0.39, 0.29) is 11.3 Å². The number of H-pyrrole nitrogens is 1. The van der Waals surface area contributed by atoms with Gasteiger partial charge < -0.3 is 4.98 Å². The van der Waals surface area contributed by atoms with Gasteiger partial charge in [0.05, 0.1) is 11.4 Å². The maximum Gasteiger partial charge on any atom is 0.249 e. The van der Waals surface area contributed by atoms with Crippen molar-refractivity contribution >= 4 is 32.5 Å². The van der Waals surface area contributed by atoms with Crippen LogP contribution in [-0.2, 0) is 15.6 Å². The Balaban J connectivity index is 1.98. The monoisotopic (exact) mass is 442 g/mol. The number of benzene rings is 1. The lowest BCUT2D eigenvalue weighted by molar-refractivity contribution is 0.601. The molecule has 1 N–H and O–H groups in total. The van der Waals surface area contributed by atoms with Crippen molar-refractivity contribution in [2.75, 3.05) is 6.26 Å². The lowest BCUT2D eigenvalue weighted by atomic mass is 10.00. The van der Waals surface area contributed by atoms with Crippen LogP contribution in [-0.4, -0.2) is 34.4 Å². The Kier molecular flexibility index (Phi) is 4.99. The molecule has 0 aliphatic rings. The second-order valence-corrected chi connectivity index (χ2v) is 9.89. The third-order valence-electron chi connectivity index (χ3n) is 4.76. The van der Waals surface area contributed by atoms with E-state index in [4.69, 9.17) is 11.6 Å². The number of rotatable bonds is 4. The number of nitrogens with zero attached hydrogens (tertiary/aromatic N) is 3. The van der Waals surface area contributed by atoms with Gasteiger partial charge in [0.25, 0.3) is 0 Å². The van der Waals surface area contributed by atoms with Gasteiger partial charge in [-0.1, -0.05) is 17.7 Å². The lowest BCUT2D eigenvalue weighted by Crippen LogP contribution is -2.08. The van der Waals surface area contributed by atoms with E-state index in [9.17, 15) is 13.2 Å². The molecule has 9 heteroatoms. The molecule has 3 aromatic heterocycles. The molecule has 0 spiro atoms. The summed E-state index contributed by atoms with van der Waals surface area (Å²) in [6, 6.07) is 10.5. The number of nitrogens with one attached hydrogen (secondary N) is 1. The number of sulfone groups is 1. The second kappa shape index (κ2) is 7.37. The van der Waals surface area contributed by atoms with Crippen LogP contribution in [0, 0.1) is 13.8 Å². The number of hydrogen-bond donors (Lipinski definition) is 1. The van der Waals surface area contributed by atoms with Gasteiger partial charge >= 0.3 is 0 Å². The van der Waals surface area contributed by atoms with Gasteiger partial charge in [0.2, 0.25) is 5.56 Å². The quantitative estimate of drug-likeness (QED) is 0.520. The smallest absolute Gasteiger partial charge is 0.249 e. The van der Waals surface area contributed by atoms with E-state index in [1.807, 2.05) is 32.0 Å². The van der Waals surface area contributed by atoms with E-state index in [2.05, 4.69) is 15.1 Å². The standard InChI is InChI=1S/C21H19ClN4O3S/c1-12-8-15(10-18(22)17(12)11-30(3,28)29)16-9-14-4-5-19(27)23-20(14)24-21(16)26-7-6-13(2)25-26/h4-10H,11H2,1-3H3,(H,23,24,27). The van der Waals surface area contributed by atoms with Crippen molar-refractivity contribution in [1.29, 1.82) is 0 Å². The minimum Gasteiger partial charge on any atom is -0.307 e. The largest absolute Gasteiger partial charge is 0.307 e. The average Bonchev–Trinajstić information content (AvgIpc) is 3.09.